The Hall–Kier alpha value is -2.25. The third-order valence-corrected chi connectivity index (χ3v) is 4.24. The molecule has 0 radical (unpaired) electrons. The number of benzene rings is 1. The van der Waals surface area contributed by atoms with Gasteiger partial charge in [0.15, 0.2) is 11.6 Å². The van der Waals surface area contributed by atoms with Crippen LogP contribution in [-0.2, 0) is 29.1 Å². The Labute approximate surface area is 140 Å². The summed E-state index contributed by atoms with van der Waals surface area (Å²) in [7, 11) is 1.62. The van der Waals surface area contributed by atoms with Crippen LogP contribution in [0.5, 0.6) is 0 Å². The number of hydrogen-bond donors (Lipinski definition) is 1. The number of carbonyl (C=O) groups excluding carboxylic acids is 1. The molecule has 0 unspecified atom stereocenters. The van der Waals surface area contributed by atoms with Gasteiger partial charge in [-0.2, -0.15) is 0 Å². The van der Waals surface area contributed by atoms with E-state index in [1.165, 1.54) is 0 Å². The van der Waals surface area contributed by atoms with E-state index in [0.717, 1.165) is 17.2 Å². The van der Waals surface area contributed by atoms with E-state index in [1.54, 1.807) is 12.0 Å². The monoisotopic (exact) mass is 330 g/mol. The molecule has 2 heterocycles. The largest absolute Gasteiger partial charge is 0.383 e. The Balaban J connectivity index is 1.70. The van der Waals surface area contributed by atoms with Gasteiger partial charge < -0.3 is 19.3 Å². The lowest BCUT2D eigenvalue weighted by atomic mass is 10.1. The number of nitrogens with zero attached hydrogens (tertiary/aromatic N) is 4. The summed E-state index contributed by atoms with van der Waals surface area (Å²) in [6, 6.07) is 9.56. The maximum atomic E-state index is 12.6. The van der Waals surface area contributed by atoms with Crippen molar-refractivity contribution in [3.05, 3.63) is 47.5 Å². The summed E-state index contributed by atoms with van der Waals surface area (Å²) >= 11 is 0. The van der Waals surface area contributed by atoms with E-state index in [2.05, 4.69) is 10.2 Å². The van der Waals surface area contributed by atoms with E-state index in [-0.39, 0.29) is 11.9 Å². The summed E-state index contributed by atoms with van der Waals surface area (Å²) < 4.78 is 7.15. The Kier molecular flexibility index (Phi) is 4.92. The summed E-state index contributed by atoms with van der Waals surface area (Å²) in [5.74, 6) is 1.21. The molecule has 0 saturated heterocycles. The Bertz CT molecular complexity index is 701. The van der Waals surface area contributed by atoms with Crippen molar-refractivity contribution in [3.8, 4) is 0 Å². The van der Waals surface area contributed by atoms with Crippen molar-refractivity contribution in [3.63, 3.8) is 0 Å². The van der Waals surface area contributed by atoms with Gasteiger partial charge in [-0.25, -0.2) is 0 Å². The fourth-order valence-corrected chi connectivity index (χ4v) is 3.14. The number of amides is 1. The Morgan fingerprint density at radius 3 is 2.83 bits per heavy atom. The fraction of sp³-hybridized carbons (Fsp3) is 0.471. The van der Waals surface area contributed by atoms with Crippen LogP contribution in [-0.4, -0.2) is 50.4 Å². The normalized spacial score (nSPS) is 18.3. The minimum Gasteiger partial charge on any atom is -0.383 e. The molecule has 1 N–H and O–H groups in total. The first-order valence-electron chi connectivity index (χ1n) is 8.02. The molecule has 24 heavy (non-hydrogen) atoms. The third-order valence-electron chi connectivity index (χ3n) is 4.24. The zero-order valence-corrected chi connectivity index (χ0v) is 13.9. The quantitative estimate of drug-likeness (QED) is 0.882. The molecule has 3 rings (SSSR count). The van der Waals surface area contributed by atoms with Gasteiger partial charge in [0.25, 0.3) is 5.91 Å². The molecule has 7 heteroatoms. The second-order valence-corrected chi connectivity index (χ2v) is 6.11. The molecule has 1 amide bonds. The number of fused-ring (bicyclic) bond motifs is 1. The summed E-state index contributed by atoms with van der Waals surface area (Å²) in [4.78, 5) is 14.2. The lowest BCUT2D eigenvalue weighted by Crippen LogP contribution is -2.45. The van der Waals surface area contributed by atoms with Crippen LogP contribution in [0.25, 0.3) is 0 Å². The number of methoxy groups -OCH3 is 1. The molecular formula is C17H22N4O3. The van der Waals surface area contributed by atoms with Gasteiger partial charge in [0.2, 0.25) is 0 Å². The minimum atomic E-state index is -1.05. The molecule has 2 atom stereocenters. The molecule has 128 valence electrons. The van der Waals surface area contributed by atoms with Crippen LogP contribution in [0.4, 0.5) is 0 Å². The Morgan fingerprint density at radius 1 is 1.38 bits per heavy atom. The van der Waals surface area contributed by atoms with Crippen molar-refractivity contribution in [2.24, 2.45) is 0 Å². The number of hydrogen-bond acceptors (Lipinski definition) is 5. The summed E-state index contributed by atoms with van der Waals surface area (Å²) in [5, 5.41) is 18.6. The van der Waals surface area contributed by atoms with Crippen molar-refractivity contribution in [2.75, 3.05) is 13.7 Å². The Morgan fingerprint density at radius 2 is 2.12 bits per heavy atom. The molecule has 0 bridgehead atoms. The number of aliphatic hydroxyl groups is 1. The maximum absolute atomic E-state index is 12.6. The lowest BCUT2D eigenvalue weighted by molar-refractivity contribution is -0.142. The smallest absolute Gasteiger partial charge is 0.252 e. The van der Waals surface area contributed by atoms with Crippen molar-refractivity contribution >= 4 is 5.91 Å². The van der Waals surface area contributed by atoms with E-state index >= 15 is 0 Å². The van der Waals surface area contributed by atoms with Gasteiger partial charge in [-0.1, -0.05) is 30.3 Å². The van der Waals surface area contributed by atoms with Crippen LogP contribution in [0.2, 0.25) is 0 Å². The molecule has 0 spiro atoms. The molecule has 2 aromatic rings. The van der Waals surface area contributed by atoms with E-state index in [1.807, 2.05) is 41.8 Å². The molecule has 7 nitrogen and oxygen atoms in total. The summed E-state index contributed by atoms with van der Waals surface area (Å²) in [6.07, 6.45) is -0.737. The molecule has 0 saturated carbocycles. The first-order chi connectivity index (χ1) is 11.6. The zero-order valence-electron chi connectivity index (χ0n) is 13.9. The maximum Gasteiger partial charge on any atom is 0.252 e. The molecule has 1 aliphatic rings. The number of carbonyl (C=O) groups is 1. The average molecular weight is 330 g/mol. The topological polar surface area (TPSA) is 80.5 Å². The number of aromatic nitrogens is 3. The predicted molar refractivity (Wildman–Crippen MR) is 87.0 cm³/mol. The molecular weight excluding hydrogens is 308 g/mol. The first-order valence-corrected chi connectivity index (χ1v) is 8.02. The predicted octanol–water partition coefficient (Wildman–Crippen LogP) is 0.931. The van der Waals surface area contributed by atoms with E-state index < -0.39 is 6.10 Å². The average Bonchev–Trinajstić information content (AvgIpc) is 2.99. The third kappa shape index (κ3) is 3.32. The van der Waals surface area contributed by atoms with Crippen LogP contribution in [0.15, 0.2) is 30.3 Å². The van der Waals surface area contributed by atoms with Crippen LogP contribution in [0.3, 0.4) is 0 Å². The van der Waals surface area contributed by atoms with Gasteiger partial charge in [-0.3, -0.25) is 4.79 Å². The van der Waals surface area contributed by atoms with Gasteiger partial charge in [0.05, 0.1) is 12.6 Å². The van der Waals surface area contributed by atoms with Gasteiger partial charge in [-0.15, -0.1) is 10.2 Å². The van der Waals surface area contributed by atoms with Crippen LogP contribution >= 0.6 is 0 Å². The van der Waals surface area contributed by atoms with Crippen molar-refractivity contribution < 1.29 is 14.6 Å². The fourth-order valence-electron chi connectivity index (χ4n) is 3.14. The number of aliphatic hydroxyl groups excluding tert-OH is 1. The van der Waals surface area contributed by atoms with Crippen molar-refractivity contribution in [1.82, 2.24) is 19.7 Å². The molecule has 1 aliphatic heterocycles. The SMILES string of the molecule is COCc1nnc2n1[C@@H](C)CN(C(=O)[C@@H](O)Cc1ccccc1)C2. The summed E-state index contributed by atoms with van der Waals surface area (Å²) in [6.45, 7) is 3.27. The highest BCUT2D eigenvalue weighted by Gasteiger charge is 2.31. The first kappa shape index (κ1) is 16.6. The molecule has 1 aromatic heterocycles. The number of ether oxygens (including phenoxy) is 1. The molecule has 0 fully saturated rings. The van der Waals surface area contributed by atoms with Gasteiger partial charge in [-0.05, 0) is 12.5 Å². The number of rotatable bonds is 5. The van der Waals surface area contributed by atoms with Crippen molar-refractivity contribution in [2.45, 2.75) is 38.6 Å². The second kappa shape index (κ2) is 7.11. The highest BCUT2D eigenvalue weighted by atomic mass is 16.5. The van der Waals surface area contributed by atoms with Gasteiger partial charge in [0.1, 0.15) is 12.7 Å². The van der Waals surface area contributed by atoms with E-state index in [4.69, 9.17) is 4.74 Å². The minimum absolute atomic E-state index is 0.0433. The van der Waals surface area contributed by atoms with E-state index in [9.17, 15) is 9.90 Å². The highest BCUT2D eigenvalue weighted by molar-refractivity contribution is 5.81. The van der Waals surface area contributed by atoms with Crippen LogP contribution in [0, 0.1) is 0 Å². The van der Waals surface area contributed by atoms with Gasteiger partial charge in [0, 0.05) is 20.1 Å². The van der Waals surface area contributed by atoms with Crippen molar-refractivity contribution in [1.29, 1.82) is 0 Å². The lowest BCUT2D eigenvalue weighted by Gasteiger charge is -2.33. The standard InChI is InChI=1S/C17H22N4O3/c1-12-9-20(10-15-18-19-16(11-24-2)21(12)15)17(23)14(22)8-13-6-4-3-5-7-13/h3-7,12,14,22H,8-11H2,1-2H3/t12-,14-/m0/s1. The summed E-state index contributed by atoms with van der Waals surface area (Å²) in [5.41, 5.74) is 0.939. The second-order valence-electron chi connectivity index (χ2n) is 6.11. The highest BCUT2D eigenvalue weighted by Crippen LogP contribution is 2.22. The zero-order chi connectivity index (χ0) is 17.1. The van der Waals surface area contributed by atoms with E-state index in [0.29, 0.717) is 26.1 Å². The molecule has 1 aromatic carbocycles. The van der Waals surface area contributed by atoms with Gasteiger partial charge >= 0.3 is 0 Å². The molecule has 0 aliphatic carbocycles. The van der Waals surface area contributed by atoms with Crippen LogP contribution < -0.4 is 0 Å². The van der Waals surface area contributed by atoms with Crippen LogP contribution in [0.1, 0.15) is 30.2 Å².